The first-order chi connectivity index (χ1) is 17.7. The van der Waals surface area contributed by atoms with Crippen molar-refractivity contribution in [2.45, 2.75) is 30.8 Å². The quantitative estimate of drug-likeness (QED) is 0.419. The van der Waals surface area contributed by atoms with Gasteiger partial charge in [0.15, 0.2) is 17.3 Å². The Hall–Kier alpha value is -2.25. The number of nitrogen functional groups attached to an aromatic ring is 1. The Bertz CT molecular complexity index is 1110. The van der Waals surface area contributed by atoms with Crippen LogP contribution in [-0.2, 0) is 23.8 Å². The average Bonchev–Trinajstić information content (AvgIpc) is 2.88. The Kier molecular flexibility index (Phi) is 10.3. The minimum atomic E-state index is -0.791. The van der Waals surface area contributed by atoms with E-state index < -0.39 is 30.0 Å². The first-order valence-corrected chi connectivity index (χ1v) is 12.0. The molecule has 1 heterocycles. The number of carbonyl (C=O) groups excluding carboxylic acids is 1. The van der Waals surface area contributed by atoms with Gasteiger partial charge in [0.1, 0.15) is 18.3 Å². The number of nitrogens with two attached hydrogens (primary N) is 1. The molecule has 1 saturated carbocycles. The SMILES string of the molecule is COC[C@H]1C[C@H](ONC(=O)c2nc(-c3ccc(Cl)c(OC)c3F)cc(N)c2Cl)[C@H](OC)[C@@H](OC)[C@@H]1OC. The van der Waals surface area contributed by atoms with Crippen molar-refractivity contribution in [2.24, 2.45) is 5.92 Å². The van der Waals surface area contributed by atoms with Crippen LogP contribution >= 0.6 is 23.2 Å². The lowest BCUT2D eigenvalue weighted by molar-refractivity contribution is -0.213. The molecule has 13 heteroatoms. The van der Waals surface area contributed by atoms with Crippen LogP contribution in [-0.4, -0.2) is 77.5 Å². The molecule has 0 spiro atoms. The summed E-state index contributed by atoms with van der Waals surface area (Å²) in [6.07, 6.45) is -1.57. The molecule has 204 valence electrons. The first-order valence-electron chi connectivity index (χ1n) is 11.2. The minimum absolute atomic E-state index is 0.0140. The lowest BCUT2D eigenvalue weighted by atomic mass is 9.80. The summed E-state index contributed by atoms with van der Waals surface area (Å²) in [5.41, 5.74) is 8.20. The molecule has 10 nitrogen and oxygen atoms in total. The van der Waals surface area contributed by atoms with Crippen LogP contribution in [0.1, 0.15) is 16.9 Å². The number of hydrogen-bond acceptors (Lipinski definition) is 9. The molecular weight excluding hydrogens is 532 g/mol. The fraction of sp³-hybridized carbons (Fsp3) is 0.500. The summed E-state index contributed by atoms with van der Waals surface area (Å²) in [7, 11) is 7.50. The van der Waals surface area contributed by atoms with Crippen molar-refractivity contribution >= 4 is 34.8 Å². The van der Waals surface area contributed by atoms with Gasteiger partial charge in [0.2, 0.25) is 0 Å². The predicted octanol–water partition coefficient (Wildman–Crippen LogP) is 3.53. The fourth-order valence-electron chi connectivity index (χ4n) is 4.54. The van der Waals surface area contributed by atoms with Crippen molar-refractivity contribution in [1.29, 1.82) is 0 Å². The van der Waals surface area contributed by atoms with Crippen molar-refractivity contribution in [2.75, 3.05) is 47.9 Å². The number of carbonyl (C=O) groups is 1. The molecule has 1 aliphatic carbocycles. The van der Waals surface area contributed by atoms with Gasteiger partial charge in [0.25, 0.3) is 5.91 Å². The molecule has 0 bridgehead atoms. The van der Waals surface area contributed by atoms with Crippen LogP contribution in [0.2, 0.25) is 10.0 Å². The normalized spacial score (nSPS) is 23.6. The molecule has 1 aromatic carbocycles. The average molecular weight is 562 g/mol. The molecule has 1 aromatic heterocycles. The van der Waals surface area contributed by atoms with E-state index in [-0.39, 0.29) is 50.5 Å². The van der Waals surface area contributed by atoms with Crippen LogP contribution in [0.25, 0.3) is 11.3 Å². The topological polar surface area (TPSA) is 123 Å². The third-order valence-corrected chi connectivity index (χ3v) is 6.94. The van der Waals surface area contributed by atoms with E-state index in [1.807, 2.05) is 0 Å². The molecule has 3 rings (SSSR count). The standard InChI is InChI=1S/C24H30Cl2FN3O7/c1-32-10-11-8-16(22(35-4)23(36-5)20(11)33-2)37-30-24(31)19-17(26)14(28)9-15(29-19)12-6-7-13(25)21(34-3)18(12)27/h6-7,9,11,16,20,22-23H,8,10H2,1-5H3,(H2,28,29)(H,30,31)/t11-,16+,20-,22+,23+/m1/s1. The number of aromatic nitrogens is 1. The molecule has 0 radical (unpaired) electrons. The number of amides is 1. The molecular formula is C24H30Cl2FN3O7. The molecule has 37 heavy (non-hydrogen) atoms. The molecule has 2 aromatic rings. The van der Waals surface area contributed by atoms with Crippen molar-refractivity contribution in [3.8, 4) is 17.0 Å². The van der Waals surface area contributed by atoms with Crippen LogP contribution in [0.5, 0.6) is 5.75 Å². The number of methoxy groups -OCH3 is 5. The maximum absolute atomic E-state index is 15.0. The highest BCUT2D eigenvalue weighted by Gasteiger charge is 2.47. The number of benzene rings is 1. The zero-order valence-electron chi connectivity index (χ0n) is 21.0. The monoisotopic (exact) mass is 561 g/mol. The zero-order chi connectivity index (χ0) is 27.3. The molecule has 1 amide bonds. The van der Waals surface area contributed by atoms with Crippen LogP contribution < -0.4 is 16.0 Å². The second-order valence-corrected chi connectivity index (χ2v) is 9.13. The predicted molar refractivity (Wildman–Crippen MR) is 135 cm³/mol. The van der Waals surface area contributed by atoms with E-state index >= 15 is 0 Å². The molecule has 0 unspecified atom stereocenters. The van der Waals surface area contributed by atoms with Gasteiger partial charge in [-0.2, -0.15) is 0 Å². The Morgan fingerprint density at radius 2 is 1.78 bits per heavy atom. The summed E-state index contributed by atoms with van der Waals surface area (Å²) in [5.74, 6) is -1.82. The second kappa shape index (κ2) is 13.0. The maximum atomic E-state index is 15.0. The third kappa shape index (κ3) is 6.09. The van der Waals surface area contributed by atoms with Crippen molar-refractivity contribution < 1.29 is 37.7 Å². The smallest absolute Gasteiger partial charge is 0.295 e. The Morgan fingerprint density at radius 1 is 1.11 bits per heavy atom. The zero-order valence-corrected chi connectivity index (χ0v) is 22.6. The van der Waals surface area contributed by atoms with Gasteiger partial charge in [-0.25, -0.2) is 14.9 Å². The van der Waals surface area contributed by atoms with E-state index in [9.17, 15) is 9.18 Å². The fourth-order valence-corrected chi connectivity index (χ4v) is 4.94. The number of nitrogens with zero attached hydrogens (tertiary/aromatic N) is 1. The summed E-state index contributed by atoms with van der Waals surface area (Å²) < 4.78 is 42.2. The molecule has 5 atom stereocenters. The van der Waals surface area contributed by atoms with E-state index in [2.05, 4.69) is 10.5 Å². The van der Waals surface area contributed by atoms with Crippen molar-refractivity contribution in [1.82, 2.24) is 10.5 Å². The van der Waals surface area contributed by atoms with Crippen LogP contribution in [0.15, 0.2) is 18.2 Å². The third-order valence-electron chi connectivity index (χ3n) is 6.24. The first kappa shape index (κ1) is 29.3. The van der Waals surface area contributed by atoms with E-state index in [1.165, 1.54) is 39.5 Å². The summed E-state index contributed by atoms with van der Waals surface area (Å²) in [4.78, 5) is 23.1. The van der Waals surface area contributed by atoms with Crippen LogP contribution in [0.3, 0.4) is 0 Å². The van der Waals surface area contributed by atoms with E-state index in [0.717, 1.165) is 0 Å². The van der Waals surface area contributed by atoms with E-state index in [1.54, 1.807) is 14.2 Å². The van der Waals surface area contributed by atoms with Crippen molar-refractivity contribution in [3.63, 3.8) is 0 Å². The van der Waals surface area contributed by atoms with E-state index in [0.29, 0.717) is 13.0 Å². The number of halogens is 3. The summed E-state index contributed by atoms with van der Waals surface area (Å²) >= 11 is 12.3. The maximum Gasteiger partial charge on any atom is 0.295 e. The number of hydroxylamine groups is 1. The van der Waals surface area contributed by atoms with E-state index in [4.69, 9.17) is 57.5 Å². The Morgan fingerprint density at radius 3 is 2.38 bits per heavy atom. The Labute approximate surface area is 224 Å². The van der Waals surface area contributed by atoms with Crippen molar-refractivity contribution in [3.05, 3.63) is 39.8 Å². The van der Waals surface area contributed by atoms with Gasteiger partial charge in [0.05, 0.1) is 41.2 Å². The number of pyridine rings is 1. The molecule has 1 aliphatic rings. The molecule has 1 fully saturated rings. The summed E-state index contributed by atoms with van der Waals surface area (Å²) in [6.45, 7) is 0.380. The minimum Gasteiger partial charge on any atom is -0.492 e. The second-order valence-electron chi connectivity index (χ2n) is 8.34. The molecule has 3 N–H and O–H groups in total. The highest BCUT2D eigenvalue weighted by Crippen LogP contribution is 2.37. The van der Waals surface area contributed by atoms with Gasteiger partial charge in [-0.1, -0.05) is 23.2 Å². The lowest BCUT2D eigenvalue weighted by Crippen LogP contribution is -2.58. The largest absolute Gasteiger partial charge is 0.492 e. The Balaban J connectivity index is 1.87. The van der Waals surface area contributed by atoms with Gasteiger partial charge in [-0.15, -0.1) is 0 Å². The number of anilines is 1. The van der Waals surface area contributed by atoms with Gasteiger partial charge in [-0.3, -0.25) is 9.63 Å². The number of hydrogen-bond donors (Lipinski definition) is 2. The molecule has 0 aliphatic heterocycles. The number of nitrogens with one attached hydrogen (secondary N) is 1. The van der Waals surface area contributed by atoms with Crippen LogP contribution in [0.4, 0.5) is 10.1 Å². The summed E-state index contributed by atoms with van der Waals surface area (Å²) in [6, 6.07) is 4.18. The lowest BCUT2D eigenvalue weighted by Gasteiger charge is -2.44. The highest BCUT2D eigenvalue weighted by atomic mass is 35.5. The van der Waals surface area contributed by atoms with Gasteiger partial charge >= 0.3 is 0 Å². The highest BCUT2D eigenvalue weighted by molar-refractivity contribution is 6.36. The summed E-state index contributed by atoms with van der Waals surface area (Å²) in [5, 5.41) is -0.0429. The molecule has 0 saturated heterocycles. The van der Waals surface area contributed by atoms with Gasteiger partial charge in [-0.05, 0) is 24.6 Å². The van der Waals surface area contributed by atoms with Gasteiger partial charge < -0.3 is 29.4 Å². The van der Waals surface area contributed by atoms with Gasteiger partial charge in [0, 0.05) is 39.9 Å². The number of ether oxygens (including phenoxy) is 5. The number of rotatable bonds is 10. The van der Waals surface area contributed by atoms with Crippen LogP contribution in [0, 0.1) is 11.7 Å².